The van der Waals surface area contributed by atoms with Gasteiger partial charge in [0.05, 0.1) is 18.2 Å². The number of carbonyl (C=O) groups is 1. The van der Waals surface area contributed by atoms with Crippen molar-refractivity contribution in [2.75, 3.05) is 18.5 Å². The highest BCUT2D eigenvalue weighted by Gasteiger charge is 2.11. The maximum Gasteiger partial charge on any atom is 0.240 e. The molecule has 4 heteroatoms. The van der Waals surface area contributed by atoms with Crippen molar-refractivity contribution in [3.8, 4) is 6.07 Å². The van der Waals surface area contributed by atoms with Crippen LogP contribution in [0.4, 0.5) is 5.69 Å². The van der Waals surface area contributed by atoms with Crippen LogP contribution in [-0.4, -0.2) is 25.5 Å². The zero-order chi connectivity index (χ0) is 12.8. The third-order valence-corrected chi connectivity index (χ3v) is 2.40. The molecule has 0 bridgehead atoms. The summed E-state index contributed by atoms with van der Waals surface area (Å²) in [6, 6.07) is 9.34. The van der Waals surface area contributed by atoms with Gasteiger partial charge >= 0.3 is 0 Å². The van der Waals surface area contributed by atoms with Gasteiger partial charge in [-0.1, -0.05) is 19.9 Å². The number of carbonyl (C=O) groups excluding carboxylic acids is 1. The lowest BCUT2D eigenvalue weighted by Crippen LogP contribution is -2.38. The van der Waals surface area contributed by atoms with Crippen molar-refractivity contribution in [2.45, 2.75) is 19.9 Å². The Balaban J connectivity index is 2.71. The molecule has 90 valence electrons. The van der Waals surface area contributed by atoms with Crippen LogP contribution in [0.2, 0.25) is 0 Å². The average molecular weight is 231 g/mol. The molecular formula is C13H17N3O. The number of hydrogen-bond donors (Lipinski definition) is 1. The zero-order valence-electron chi connectivity index (χ0n) is 10.4. The summed E-state index contributed by atoms with van der Waals surface area (Å²) in [6.07, 6.45) is 0. The summed E-state index contributed by atoms with van der Waals surface area (Å²) in [4.78, 5) is 13.4. The standard InChI is InChI=1S/C13H17N3O/c1-10(2)15-9-13(17)16(3)12-6-4-5-11(7-12)8-14/h4-7,10,15H,9H2,1-3H3. The molecule has 0 atom stereocenters. The molecule has 0 aliphatic heterocycles. The number of amides is 1. The smallest absolute Gasteiger partial charge is 0.240 e. The number of benzene rings is 1. The van der Waals surface area contributed by atoms with E-state index in [0.29, 0.717) is 12.1 Å². The Kier molecular flexibility index (Phi) is 4.68. The normalized spacial score (nSPS) is 10.1. The van der Waals surface area contributed by atoms with E-state index < -0.39 is 0 Å². The molecule has 0 saturated carbocycles. The van der Waals surface area contributed by atoms with Crippen LogP contribution >= 0.6 is 0 Å². The van der Waals surface area contributed by atoms with Gasteiger partial charge in [-0.15, -0.1) is 0 Å². The van der Waals surface area contributed by atoms with E-state index in [2.05, 4.69) is 11.4 Å². The molecule has 0 spiro atoms. The number of anilines is 1. The summed E-state index contributed by atoms with van der Waals surface area (Å²) in [5.74, 6) is -0.0196. The molecule has 17 heavy (non-hydrogen) atoms. The molecule has 0 radical (unpaired) electrons. The number of likely N-dealkylation sites (N-methyl/N-ethyl adjacent to an activating group) is 1. The maximum atomic E-state index is 11.8. The Labute approximate surface area is 102 Å². The van der Waals surface area contributed by atoms with Gasteiger partial charge in [0.25, 0.3) is 0 Å². The van der Waals surface area contributed by atoms with Crippen LogP contribution in [-0.2, 0) is 4.79 Å². The summed E-state index contributed by atoms with van der Waals surface area (Å²) in [7, 11) is 1.71. The van der Waals surface area contributed by atoms with E-state index in [4.69, 9.17) is 5.26 Å². The summed E-state index contributed by atoms with van der Waals surface area (Å²) < 4.78 is 0. The Morgan fingerprint density at radius 1 is 1.53 bits per heavy atom. The molecule has 1 aromatic carbocycles. The van der Waals surface area contributed by atoms with E-state index in [1.165, 1.54) is 0 Å². The van der Waals surface area contributed by atoms with Crippen molar-refractivity contribution in [2.24, 2.45) is 0 Å². The Morgan fingerprint density at radius 3 is 2.82 bits per heavy atom. The van der Waals surface area contributed by atoms with Crippen LogP contribution in [0.5, 0.6) is 0 Å². The molecule has 4 nitrogen and oxygen atoms in total. The fraction of sp³-hybridized carbons (Fsp3) is 0.385. The van der Waals surface area contributed by atoms with Gasteiger partial charge in [0.15, 0.2) is 0 Å². The minimum absolute atomic E-state index is 0.0196. The number of nitrogens with one attached hydrogen (secondary N) is 1. The van der Waals surface area contributed by atoms with Crippen LogP contribution in [0.3, 0.4) is 0 Å². The Morgan fingerprint density at radius 2 is 2.24 bits per heavy atom. The van der Waals surface area contributed by atoms with Gasteiger partial charge < -0.3 is 10.2 Å². The van der Waals surface area contributed by atoms with E-state index >= 15 is 0 Å². The number of rotatable bonds is 4. The SMILES string of the molecule is CC(C)NCC(=O)N(C)c1cccc(C#N)c1. The molecule has 0 heterocycles. The second-order valence-corrected chi connectivity index (χ2v) is 4.15. The van der Waals surface area contributed by atoms with Crippen molar-refractivity contribution < 1.29 is 4.79 Å². The first kappa shape index (κ1) is 13.2. The van der Waals surface area contributed by atoms with Crippen LogP contribution in [0, 0.1) is 11.3 Å². The second-order valence-electron chi connectivity index (χ2n) is 4.15. The molecule has 0 aliphatic rings. The molecule has 0 fully saturated rings. The first-order valence-corrected chi connectivity index (χ1v) is 5.54. The topological polar surface area (TPSA) is 56.1 Å². The van der Waals surface area contributed by atoms with Gasteiger partial charge in [0.1, 0.15) is 0 Å². The van der Waals surface area contributed by atoms with Crippen molar-refractivity contribution in [1.29, 1.82) is 5.26 Å². The molecule has 1 aromatic rings. The van der Waals surface area contributed by atoms with E-state index in [-0.39, 0.29) is 11.9 Å². The highest BCUT2D eigenvalue weighted by molar-refractivity contribution is 5.94. The van der Waals surface area contributed by atoms with Crippen LogP contribution in [0.25, 0.3) is 0 Å². The maximum absolute atomic E-state index is 11.8. The molecule has 1 N–H and O–H groups in total. The third-order valence-electron chi connectivity index (χ3n) is 2.40. The second kappa shape index (κ2) is 6.02. The summed E-state index contributed by atoms with van der Waals surface area (Å²) in [5, 5.41) is 11.9. The predicted molar refractivity (Wildman–Crippen MR) is 67.7 cm³/mol. The lowest BCUT2D eigenvalue weighted by Gasteiger charge is -2.18. The average Bonchev–Trinajstić information content (AvgIpc) is 2.35. The quantitative estimate of drug-likeness (QED) is 0.854. The van der Waals surface area contributed by atoms with Crippen LogP contribution < -0.4 is 10.2 Å². The van der Waals surface area contributed by atoms with E-state index in [1.54, 1.807) is 30.1 Å². The zero-order valence-corrected chi connectivity index (χ0v) is 10.4. The minimum Gasteiger partial charge on any atom is -0.314 e. The lowest BCUT2D eigenvalue weighted by molar-refractivity contribution is -0.117. The van der Waals surface area contributed by atoms with E-state index in [9.17, 15) is 4.79 Å². The minimum atomic E-state index is -0.0196. The van der Waals surface area contributed by atoms with Gasteiger partial charge in [-0.2, -0.15) is 5.26 Å². The van der Waals surface area contributed by atoms with Gasteiger partial charge in [-0.05, 0) is 18.2 Å². The van der Waals surface area contributed by atoms with Gasteiger partial charge in [0.2, 0.25) is 5.91 Å². The highest BCUT2D eigenvalue weighted by atomic mass is 16.2. The van der Waals surface area contributed by atoms with Gasteiger partial charge in [-0.3, -0.25) is 4.79 Å². The van der Waals surface area contributed by atoms with E-state index in [0.717, 1.165) is 5.69 Å². The fourth-order valence-electron chi connectivity index (χ4n) is 1.34. The van der Waals surface area contributed by atoms with Crippen LogP contribution in [0.1, 0.15) is 19.4 Å². The largest absolute Gasteiger partial charge is 0.314 e. The third kappa shape index (κ3) is 3.89. The summed E-state index contributed by atoms with van der Waals surface area (Å²) in [6.45, 7) is 4.28. The Hall–Kier alpha value is -1.86. The molecule has 0 saturated heterocycles. The van der Waals surface area contributed by atoms with Gasteiger partial charge in [0, 0.05) is 18.8 Å². The molecular weight excluding hydrogens is 214 g/mol. The lowest BCUT2D eigenvalue weighted by atomic mass is 10.2. The number of nitrogens with zero attached hydrogens (tertiary/aromatic N) is 2. The van der Waals surface area contributed by atoms with Crippen molar-refractivity contribution >= 4 is 11.6 Å². The summed E-state index contributed by atoms with van der Waals surface area (Å²) in [5.41, 5.74) is 1.29. The number of nitriles is 1. The van der Waals surface area contributed by atoms with Crippen molar-refractivity contribution in [3.05, 3.63) is 29.8 Å². The first-order chi connectivity index (χ1) is 8.04. The molecule has 0 aliphatic carbocycles. The van der Waals surface area contributed by atoms with Crippen molar-refractivity contribution in [3.63, 3.8) is 0 Å². The predicted octanol–water partition coefficient (Wildman–Crippen LogP) is 1.52. The van der Waals surface area contributed by atoms with Gasteiger partial charge in [-0.25, -0.2) is 0 Å². The van der Waals surface area contributed by atoms with Crippen molar-refractivity contribution in [1.82, 2.24) is 5.32 Å². The van der Waals surface area contributed by atoms with E-state index in [1.807, 2.05) is 19.9 Å². The fourth-order valence-corrected chi connectivity index (χ4v) is 1.34. The summed E-state index contributed by atoms with van der Waals surface area (Å²) >= 11 is 0. The first-order valence-electron chi connectivity index (χ1n) is 5.54. The Bertz CT molecular complexity index is 435. The molecule has 0 aromatic heterocycles. The molecule has 1 amide bonds. The monoisotopic (exact) mass is 231 g/mol. The molecule has 1 rings (SSSR count). The number of hydrogen-bond acceptors (Lipinski definition) is 3. The highest BCUT2D eigenvalue weighted by Crippen LogP contribution is 2.14. The molecule has 0 unspecified atom stereocenters. The van der Waals surface area contributed by atoms with Crippen LogP contribution in [0.15, 0.2) is 24.3 Å².